The van der Waals surface area contributed by atoms with Gasteiger partial charge in [-0.25, -0.2) is 0 Å². The molecule has 64 valence electrons. The molecular weight excluding hydrogens is 144 g/mol. The van der Waals surface area contributed by atoms with Gasteiger partial charge in [0.25, 0.3) is 0 Å². The number of carbonyl (C=O) groups is 1. The summed E-state index contributed by atoms with van der Waals surface area (Å²) in [5.74, 6) is 0.0818. The molecular formula is C7H14N2O2. The third-order valence-corrected chi connectivity index (χ3v) is 1.87. The van der Waals surface area contributed by atoms with Crippen LogP contribution in [0, 0.1) is 0 Å². The molecule has 4 nitrogen and oxygen atoms in total. The van der Waals surface area contributed by atoms with E-state index in [1.165, 1.54) is 0 Å². The van der Waals surface area contributed by atoms with Crippen molar-refractivity contribution in [3.05, 3.63) is 0 Å². The fourth-order valence-electron chi connectivity index (χ4n) is 1.25. The quantitative estimate of drug-likeness (QED) is 0.554. The van der Waals surface area contributed by atoms with Crippen molar-refractivity contribution in [1.82, 2.24) is 10.2 Å². The third-order valence-electron chi connectivity index (χ3n) is 1.87. The van der Waals surface area contributed by atoms with Gasteiger partial charge in [-0.3, -0.25) is 4.79 Å². The lowest BCUT2D eigenvalue weighted by atomic mass is 10.3. The van der Waals surface area contributed by atoms with E-state index in [1.54, 1.807) is 18.9 Å². The maximum absolute atomic E-state index is 11.0. The molecule has 0 saturated carbocycles. The van der Waals surface area contributed by atoms with Crippen LogP contribution in [0.3, 0.4) is 0 Å². The van der Waals surface area contributed by atoms with Crippen molar-refractivity contribution in [1.29, 1.82) is 0 Å². The molecule has 1 saturated heterocycles. The predicted molar refractivity (Wildman–Crippen MR) is 41.1 cm³/mol. The molecule has 0 aromatic carbocycles. The Hall–Kier alpha value is -0.610. The van der Waals surface area contributed by atoms with E-state index in [9.17, 15) is 4.79 Å². The average Bonchev–Trinajstić information content (AvgIpc) is 2.04. The van der Waals surface area contributed by atoms with Crippen LogP contribution >= 0.6 is 0 Å². The maximum Gasteiger partial charge on any atom is 0.221 e. The number of rotatable bonds is 1. The zero-order valence-corrected chi connectivity index (χ0v) is 6.96. The first-order valence-electron chi connectivity index (χ1n) is 3.76. The lowest BCUT2D eigenvalue weighted by Crippen LogP contribution is -2.53. The van der Waals surface area contributed by atoms with E-state index < -0.39 is 0 Å². The van der Waals surface area contributed by atoms with Crippen LogP contribution in [-0.4, -0.2) is 43.8 Å². The molecule has 1 heterocycles. The van der Waals surface area contributed by atoms with Crippen LogP contribution in [0.5, 0.6) is 0 Å². The summed E-state index contributed by atoms with van der Waals surface area (Å²) in [6, 6.07) is 0. The number of piperazine rings is 1. The number of nitrogens with zero attached hydrogens (tertiary/aromatic N) is 1. The van der Waals surface area contributed by atoms with Crippen molar-refractivity contribution in [2.24, 2.45) is 0 Å². The van der Waals surface area contributed by atoms with Crippen LogP contribution in [0.25, 0.3) is 0 Å². The van der Waals surface area contributed by atoms with Crippen molar-refractivity contribution in [2.75, 3.05) is 26.7 Å². The highest BCUT2D eigenvalue weighted by molar-refractivity contribution is 5.73. The number of nitrogens with one attached hydrogen (secondary N) is 1. The zero-order chi connectivity index (χ0) is 8.27. The normalized spacial score (nSPS) is 25.3. The largest absolute Gasteiger partial charge is 0.360 e. The van der Waals surface area contributed by atoms with Crippen LogP contribution in [0.1, 0.15) is 6.92 Å². The average molecular weight is 158 g/mol. The Morgan fingerprint density at radius 2 is 2.45 bits per heavy atom. The number of methoxy groups -OCH3 is 1. The van der Waals surface area contributed by atoms with Gasteiger partial charge in [-0.2, -0.15) is 0 Å². The Labute approximate surface area is 66.5 Å². The molecule has 1 N–H and O–H groups in total. The van der Waals surface area contributed by atoms with Gasteiger partial charge in [-0.15, -0.1) is 0 Å². The molecule has 0 aliphatic carbocycles. The van der Waals surface area contributed by atoms with E-state index in [2.05, 4.69) is 5.32 Å². The lowest BCUT2D eigenvalue weighted by molar-refractivity contribution is -0.143. The summed E-state index contributed by atoms with van der Waals surface area (Å²) in [7, 11) is 1.62. The minimum Gasteiger partial charge on any atom is -0.360 e. The molecule has 1 amide bonds. The highest BCUT2D eigenvalue weighted by Gasteiger charge is 2.22. The molecule has 1 aliphatic rings. The lowest BCUT2D eigenvalue weighted by Gasteiger charge is -2.34. The van der Waals surface area contributed by atoms with E-state index in [0.29, 0.717) is 0 Å². The van der Waals surface area contributed by atoms with E-state index in [4.69, 9.17) is 4.74 Å². The minimum absolute atomic E-state index is 0.0818. The van der Waals surface area contributed by atoms with Crippen LogP contribution in [0.4, 0.5) is 0 Å². The van der Waals surface area contributed by atoms with E-state index in [1.807, 2.05) is 0 Å². The summed E-state index contributed by atoms with van der Waals surface area (Å²) in [5, 5.41) is 3.15. The number of hydrogen-bond acceptors (Lipinski definition) is 3. The molecule has 4 heteroatoms. The van der Waals surface area contributed by atoms with E-state index >= 15 is 0 Å². The van der Waals surface area contributed by atoms with Gasteiger partial charge in [0, 0.05) is 33.7 Å². The highest BCUT2D eigenvalue weighted by atomic mass is 16.5. The zero-order valence-electron chi connectivity index (χ0n) is 6.96. The smallest absolute Gasteiger partial charge is 0.221 e. The SMILES string of the molecule is COC1CNCCN1C(C)=O. The molecule has 0 aromatic rings. The van der Waals surface area contributed by atoms with Gasteiger partial charge >= 0.3 is 0 Å². The molecule has 1 rings (SSSR count). The van der Waals surface area contributed by atoms with Gasteiger partial charge in [0.15, 0.2) is 0 Å². The van der Waals surface area contributed by atoms with Crippen molar-refractivity contribution in [2.45, 2.75) is 13.2 Å². The Kier molecular flexibility index (Phi) is 2.84. The Bertz CT molecular complexity index is 149. The second kappa shape index (κ2) is 3.69. The van der Waals surface area contributed by atoms with Crippen LogP contribution < -0.4 is 5.32 Å². The summed E-state index contributed by atoms with van der Waals surface area (Å²) < 4.78 is 5.11. The number of hydrogen-bond donors (Lipinski definition) is 1. The molecule has 0 radical (unpaired) electrons. The van der Waals surface area contributed by atoms with Crippen molar-refractivity contribution in [3.63, 3.8) is 0 Å². The number of amides is 1. The second-order valence-electron chi connectivity index (χ2n) is 2.61. The molecule has 1 fully saturated rings. The van der Waals surface area contributed by atoms with Crippen LogP contribution in [0.15, 0.2) is 0 Å². The van der Waals surface area contributed by atoms with Gasteiger partial charge in [0.1, 0.15) is 6.23 Å². The summed E-state index contributed by atoms with van der Waals surface area (Å²) in [6.07, 6.45) is -0.0822. The van der Waals surface area contributed by atoms with Gasteiger partial charge in [0.05, 0.1) is 0 Å². The minimum atomic E-state index is -0.0822. The van der Waals surface area contributed by atoms with E-state index in [-0.39, 0.29) is 12.1 Å². The summed E-state index contributed by atoms with van der Waals surface area (Å²) >= 11 is 0. The highest BCUT2D eigenvalue weighted by Crippen LogP contribution is 2.03. The van der Waals surface area contributed by atoms with Gasteiger partial charge in [0.2, 0.25) is 5.91 Å². The molecule has 0 bridgehead atoms. The Morgan fingerprint density at radius 3 is 2.91 bits per heavy atom. The monoisotopic (exact) mass is 158 g/mol. The first-order chi connectivity index (χ1) is 5.25. The maximum atomic E-state index is 11.0. The Balaban J connectivity index is 2.51. The predicted octanol–water partition coefficient (Wildman–Crippen LogP) is -0.589. The summed E-state index contributed by atoms with van der Waals surface area (Å²) in [4.78, 5) is 12.7. The third kappa shape index (κ3) is 1.91. The van der Waals surface area contributed by atoms with Crippen molar-refractivity contribution in [3.8, 4) is 0 Å². The number of carbonyl (C=O) groups excluding carboxylic acids is 1. The second-order valence-corrected chi connectivity index (χ2v) is 2.61. The fourth-order valence-corrected chi connectivity index (χ4v) is 1.25. The molecule has 0 spiro atoms. The first-order valence-corrected chi connectivity index (χ1v) is 3.76. The molecule has 1 atom stereocenters. The fraction of sp³-hybridized carbons (Fsp3) is 0.857. The molecule has 1 aliphatic heterocycles. The number of ether oxygens (including phenoxy) is 1. The van der Waals surface area contributed by atoms with Gasteiger partial charge < -0.3 is 15.0 Å². The van der Waals surface area contributed by atoms with Crippen molar-refractivity contribution < 1.29 is 9.53 Å². The topological polar surface area (TPSA) is 41.6 Å². The summed E-state index contributed by atoms with van der Waals surface area (Å²) in [6.45, 7) is 3.90. The molecule has 0 aromatic heterocycles. The van der Waals surface area contributed by atoms with Crippen LogP contribution in [-0.2, 0) is 9.53 Å². The standard InChI is InChI=1S/C7H14N2O2/c1-6(10)9-4-3-8-5-7(9)11-2/h7-8H,3-5H2,1-2H3. The van der Waals surface area contributed by atoms with Crippen molar-refractivity contribution >= 4 is 5.91 Å². The van der Waals surface area contributed by atoms with E-state index in [0.717, 1.165) is 19.6 Å². The first kappa shape index (κ1) is 8.49. The molecule has 11 heavy (non-hydrogen) atoms. The van der Waals surface area contributed by atoms with Gasteiger partial charge in [-0.05, 0) is 0 Å². The van der Waals surface area contributed by atoms with Gasteiger partial charge in [-0.1, -0.05) is 0 Å². The molecule has 1 unspecified atom stereocenters. The van der Waals surface area contributed by atoms with Crippen LogP contribution in [0.2, 0.25) is 0 Å². The summed E-state index contributed by atoms with van der Waals surface area (Å²) in [5.41, 5.74) is 0. The Morgan fingerprint density at radius 1 is 1.73 bits per heavy atom.